The smallest absolute Gasteiger partial charge is 0.280 e. The van der Waals surface area contributed by atoms with Gasteiger partial charge in [0, 0.05) is 25.1 Å². The first-order valence-electron chi connectivity index (χ1n) is 7.53. The summed E-state index contributed by atoms with van der Waals surface area (Å²) in [5.41, 5.74) is 6.12. The molecule has 25 heavy (non-hydrogen) atoms. The molecular formula is C15H18N6O4. The fourth-order valence-corrected chi connectivity index (χ4v) is 2.57. The first kappa shape index (κ1) is 17.0. The Morgan fingerprint density at radius 3 is 2.88 bits per heavy atom. The maximum absolute atomic E-state index is 12.1. The quantitative estimate of drug-likeness (QED) is 0.449. The number of aliphatic hydroxyl groups excluding tert-OH is 2. The highest BCUT2D eigenvalue weighted by Gasteiger charge is 2.23. The first-order chi connectivity index (χ1) is 12.0. The lowest BCUT2D eigenvalue weighted by Crippen LogP contribution is -2.35. The first-order valence-corrected chi connectivity index (χ1v) is 7.53. The molecule has 2 atom stereocenters. The number of imidazole rings is 1. The summed E-state index contributed by atoms with van der Waals surface area (Å²) in [4.78, 5) is 27.0. The molecule has 0 aliphatic rings. The van der Waals surface area contributed by atoms with Crippen molar-refractivity contribution < 1.29 is 14.9 Å². The number of aromatic nitrogens is 5. The molecule has 10 nitrogen and oxygen atoms in total. The van der Waals surface area contributed by atoms with E-state index in [0.717, 1.165) is 0 Å². The predicted octanol–water partition coefficient (Wildman–Crippen LogP) is -0.868. The number of pyridine rings is 1. The van der Waals surface area contributed by atoms with Gasteiger partial charge in [-0.05, 0) is 12.1 Å². The number of H-pyrrole nitrogens is 1. The largest absolute Gasteiger partial charge is 0.394 e. The molecule has 0 aliphatic carbocycles. The molecule has 0 bridgehead atoms. The average molecular weight is 346 g/mol. The van der Waals surface area contributed by atoms with Crippen LogP contribution in [-0.2, 0) is 11.3 Å². The van der Waals surface area contributed by atoms with Crippen LogP contribution in [0.2, 0.25) is 0 Å². The molecule has 0 fully saturated rings. The van der Waals surface area contributed by atoms with Gasteiger partial charge in [0.05, 0.1) is 13.2 Å². The van der Waals surface area contributed by atoms with Gasteiger partial charge in [-0.3, -0.25) is 14.8 Å². The third kappa shape index (κ3) is 3.22. The Balaban J connectivity index is 2.18. The fourth-order valence-electron chi connectivity index (χ4n) is 2.57. The zero-order chi connectivity index (χ0) is 18.0. The Morgan fingerprint density at radius 2 is 2.24 bits per heavy atom. The van der Waals surface area contributed by atoms with Gasteiger partial charge in [0.15, 0.2) is 11.2 Å². The summed E-state index contributed by atoms with van der Waals surface area (Å²) in [5.74, 6) is 0.342. The molecule has 0 spiro atoms. The van der Waals surface area contributed by atoms with Gasteiger partial charge < -0.3 is 25.3 Å². The molecule has 0 saturated heterocycles. The van der Waals surface area contributed by atoms with Gasteiger partial charge in [0.25, 0.3) is 5.56 Å². The van der Waals surface area contributed by atoms with E-state index in [-0.39, 0.29) is 30.3 Å². The van der Waals surface area contributed by atoms with Crippen LogP contribution in [0.4, 0.5) is 5.95 Å². The number of nitrogens with two attached hydrogens (primary N) is 1. The van der Waals surface area contributed by atoms with Gasteiger partial charge in [-0.25, -0.2) is 4.98 Å². The molecule has 0 amide bonds. The number of ether oxygens (including phenoxy) is 1. The molecule has 0 aliphatic heterocycles. The van der Waals surface area contributed by atoms with Crippen LogP contribution in [0.1, 0.15) is 0 Å². The highest BCUT2D eigenvalue weighted by Crippen LogP contribution is 2.22. The van der Waals surface area contributed by atoms with Gasteiger partial charge in [-0.15, -0.1) is 0 Å². The van der Waals surface area contributed by atoms with Crippen molar-refractivity contribution in [2.24, 2.45) is 0 Å². The van der Waals surface area contributed by atoms with Crippen LogP contribution in [-0.4, -0.2) is 60.6 Å². The average Bonchev–Trinajstić information content (AvgIpc) is 2.95. The minimum atomic E-state index is -1.05. The number of fused-ring (bicyclic) bond motifs is 1. The molecular weight excluding hydrogens is 328 g/mol. The second-order valence-corrected chi connectivity index (χ2v) is 5.44. The molecule has 3 aromatic heterocycles. The number of nitrogens with zero attached hydrogens (tertiary/aromatic N) is 4. The van der Waals surface area contributed by atoms with Crippen molar-refractivity contribution in [3.8, 4) is 11.4 Å². The Bertz CT molecular complexity index is 919. The summed E-state index contributed by atoms with van der Waals surface area (Å²) >= 11 is 0. The lowest BCUT2D eigenvalue weighted by Gasteiger charge is -2.21. The highest BCUT2D eigenvalue weighted by atomic mass is 16.5. The van der Waals surface area contributed by atoms with E-state index >= 15 is 0 Å². The maximum Gasteiger partial charge on any atom is 0.280 e. The number of aromatic amines is 1. The fraction of sp³-hybridized carbons (Fsp3) is 0.333. The van der Waals surface area contributed by atoms with Crippen molar-refractivity contribution >= 4 is 17.1 Å². The van der Waals surface area contributed by atoms with E-state index < -0.39 is 17.8 Å². The molecule has 5 N–H and O–H groups in total. The Morgan fingerprint density at radius 1 is 1.44 bits per heavy atom. The van der Waals surface area contributed by atoms with Crippen LogP contribution in [0.15, 0.2) is 29.3 Å². The maximum atomic E-state index is 12.1. The van der Waals surface area contributed by atoms with Crippen LogP contribution in [0.5, 0.6) is 0 Å². The second kappa shape index (κ2) is 6.97. The van der Waals surface area contributed by atoms with Crippen molar-refractivity contribution in [2.75, 3.05) is 19.5 Å². The van der Waals surface area contributed by atoms with Gasteiger partial charge in [0.2, 0.25) is 5.95 Å². The summed E-state index contributed by atoms with van der Waals surface area (Å²) in [5, 5.41) is 19.7. The van der Waals surface area contributed by atoms with Crippen molar-refractivity contribution in [3.05, 3.63) is 34.9 Å². The molecule has 0 aromatic carbocycles. The predicted molar refractivity (Wildman–Crippen MR) is 89.7 cm³/mol. The molecule has 3 heterocycles. The van der Waals surface area contributed by atoms with E-state index in [1.165, 1.54) is 7.11 Å². The molecule has 132 valence electrons. The van der Waals surface area contributed by atoms with Crippen molar-refractivity contribution in [1.29, 1.82) is 0 Å². The summed E-state index contributed by atoms with van der Waals surface area (Å²) in [6, 6.07) is 3.50. The molecule has 2 unspecified atom stereocenters. The van der Waals surface area contributed by atoms with Gasteiger partial charge in [-0.1, -0.05) is 0 Å². The topological polar surface area (TPSA) is 152 Å². The van der Waals surface area contributed by atoms with Gasteiger partial charge >= 0.3 is 0 Å². The highest BCUT2D eigenvalue weighted by molar-refractivity contribution is 5.77. The third-order valence-electron chi connectivity index (χ3n) is 3.83. The summed E-state index contributed by atoms with van der Waals surface area (Å²) < 4.78 is 6.62. The van der Waals surface area contributed by atoms with E-state index in [0.29, 0.717) is 11.4 Å². The normalized spacial score (nSPS) is 13.9. The van der Waals surface area contributed by atoms with Gasteiger partial charge in [-0.2, -0.15) is 4.98 Å². The minimum absolute atomic E-state index is 0.00428. The number of methoxy groups -OCH3 is 1. The zero-order valence-electron chi connectivity index (χ0n) is 13.5. The molecule has 0 radical (unpaired) electrons. The Kier molecular flexibility index (Phi) is 4.74. The van der Waals surface area contributed by atoms with Crippen LogP contribution >= 0.6 is 0 Å². The zero-order valence-corrected chi connectivity index (χ0v) is 13.5. The summed E-state index contributed by atoms with van der Waals surface area (Å²) in [6.07, 6.45) is 1.35. The van der Waals surface area contributed by atoms with Crippen LogP contribution in [0, 0.1) is 0 Å². The van der Waals surface area contributed by atoms with Crippen LogP contribution < -0.4 is 11.3 Å². The monoisotopic (exact) mass is 346 g/mol. The second-order valence-electron chi connectivity index (χ2n) is 5.44. The Labute approximate surface area is 141 Å². The standard InChI is InChI=1S/C15H18N6O4/c1-25-10(7-22)9(23)6-21-12(8-3-2-4-17-5-8)18-11-13(21)19-15(16)20-14(11)24/h2-5,9-10,22-23H,6-7H2,1H3,(H3,16,19,20,24). The molecule has 10 heteroatoms. The van der Waals surface area contributed by atoms with E-state index in [1.807, 2.05) is 0 Å². The van der Waals surface area contributed by atoms with E-state index in [1.54, 1.807) is 29.1 Å². The van der Waals surface area contributed by atoms with Crippen molar-refractivity contribution in [3.63, 3.8) is 0 Å². The van der Waals surface area contributed by atoms with Gasteiger partial charge in [0.1, 0.15) is 18.0 Å². The molecule has 3 aromatic rings. The SMILES string of the molecule is COC(CO)C(O)Cn1c(-c2cccnc2)nc2c(=O)[nH]c(N)nc21. The van der Waals surface area contributed by atoms with E-state index in [2.05, 4.69) is 19.9 Å². The van der Waals surface area contributed by atoms with Crippen LogP contribution in [0.25, 0.3) is 22.6 Å². The number of nitrogen functional groups attached to an aromatic ring is 1. The lowest BCUT2D eigenvalue weighted by atomic mass is 10.2. The molecule has 0 saturated carbocycles. The minimum Gasteiger partial charge on any atom is -0.394 e. The lowest BCUT2D eigenvalue weighted by molar-refractivity contribution is -0.0465. The number of hydrogen-bond acceptors (Lipinski definition) is 8. The summed E-state index contributed by atoms with van der Waals surface area (Å²) in [7, 11) is 1.39. The number of rotatable bonds is 6. The Hall–Kier alpha value is -2.82. The number of aliphatic hydroxyl groups is 2. The number of hydrogen-bond donors (Lipinski definition) is 4. The summed E-state index contributed by atoms with van der Waals surface area (Å²) in [6.45, 7) is -0.363. The van der Waals surface area contributed by atoms with E-state index in [9.17, 15) is 15.0 Å². The van der Waals surface area contributed by atoms with Crippen molar-refractivity contribution in [1.82, 2.24) is 24.5 Å². The third-order valence-corrected chi connectivity index (χ3v) is 3.83. The molecule has 3 rings (SSSR count). The number of anilines is 1. The van der Waals surface area contributed by atoms with Crippen molar-refractivity contribution in [2.45, 2.75) is 18.8 Å². The number of nitrogens with one attached hydrogen (secondary N) is 1. The van der Waals surface area contributed by atoms with Crippen LogP contribution in [0.3, 0.4) is 0 Å². The van der Waals surface area contributed by atoms with E-state index in [4.69, 9.17) is 10.5 Å².